The second-order valence-corrected chi connectivity index (χ2v) is 3.44. The van der Waals surface area contributed by atoms with Crippen LogP contribution in [-0.4, -0.2) is 23.1 Å². The summed E-state index contributed by atoms with van der Waals surface area (Å²) in [7, 11) is 0. The van der Waals surface area contributed by atoms with E-state index in [1.165, 1.54) is 18.2 Å². The SMILES string of the molecule is C=C[C@@H](CC)OC(=O)c1ccccc1C(=O)O. The number of esters is 1. The van der Waals surface area contributed by atoms with Crippen molar-refractivity contribution in [2.45, 2.75) is 19.4 Å². The van der Waals surface area contributed by atoms with Gasteiger partial charge in [-0.2, -0.15) is 0 Å². The van der Waals surface area contributed by atoms with Gasteiger partial charge >= 0.3 is 11.9 Å². The van der Waals surface area contributed by atoms with Crippen LogP contribution in [0.1, 0.15) is 34.1 Å². The van der Waals surface area contributed by atoms with Crippen molar-refractivity contribution >= 4 is 11.9 Å². The molecule has 1 rings (SSSR count). The smallest absolute Gasteiger partial charge is 0.339 e. The number of carboxylic acid groups (broad SMARTS) is 1. The van der Waals surface area contributed by atoms with Crippen LogP contribution >= 0.6 is 0 Å². The summed E-state index contributed by atoms with van der Waals surface area (Å²) >= 11 is 0. The molecule has 0 aromatic heterocycles. The minimum Gasteiger partial charge on any atom is -0.478 e. The number of hydrogen-bond donors (Lipinski definition) is 1. The summed E-state index contributed by atoms with van der Waals surface area (Å²) in [6.45, 7) is 5.39. The quantitative estimate of drug-likeness (QED) is 0.628. The molecular formula is C13H14O4. The predicted octanol–water partition coefficient (Wildman–Crippen LogP) is 2.51. The van der Waals surface area contributed by atoms with Crippen LogP contribution in [0, 0.1) is 0 Å². The van der Waals surface area contributed by atoms with Gasteiger partial charge in [-0.05, 0) is 18.6 Å². The molecule has 1 aromatic carbocycles. The highest BCUT2D eigenvalue weighted by Crippen LogP contribution is 2.12. The highest BCUT2D eigenvalue weighted by molar-refractivity contribution is 6.02. The molecule has 0 bridgehead atoms. The van der Waals surface area contributed by atoms with E-state index in [-0.39, 0.29) is 11.1 Å². The third kappa shape index (κ3) is 3.17. The van der Waals surface area contributed by atoms with Crippen molar-refractivity contribution < 1.29 is 19.4 Å². The highest BCUT2D eigenvalue weighted by atomic mass is 16.5. The van der Waals surface area contributed by atoms with E-state index in [0.29, 0.717) is 6.42 Å². The summed E-state index contributed by atoms with van der Waals surface area (Å²) < 4.78 is 5.11. The molecular weight excluding hydrogens is 220 g/mol. The van der Waals surface area contributed by atoms with E-state index < -0.39 is 18.0 Å². The molecule has 90 valence electrons. The van der Waals surface area contributed by atoms with Gasteiger partial charge in [0.25, 0.3) is 0 Å². The lowest BCUT2D eigenvalue weighted by Gasteiger charge is -2.12. The van der Waals surface area contributed by atoms with Gasteiger partial charge < -0.3 is 9.84 Å². The molecule has 17 heavy (non-hydrogen) atoms. The minimum absolute atomic E-state index is 0.0558. The fourth-order valence-electron chi connectivity index (χ4n) is 1.35. The molecule has 1 N–H and O–H groups in total. The standard InChI is InChI=1S/C13H14O4/c1-3-9(4-2)17-13(16)11-8-6-5-7-10(11)12(14)15/h3,5-9H,1,4H2,2H3,(H,14,15)/t9-/m0/s1. The fraction of sp³-hybridized carbons (Fsp3) is 0.231. The highest BCUT2D eigenvalue weighted by Gasteiger charge is 2.18. The van der Waals surface area contributed by atoms with Gasteiger partial charge in [-0.1, -0.05) is 31.7 Å². The van der Waals surface area contributed by atoms with Gasteiger partial charge in [-0.3, -0.25) is 0 Å². The molecule has 4 heteroatoms. The van der Waals surface area contributed by atoms with Gasteiger partial charge in [-0.25, -0.2) is 9.59 Å². The Hall–Kier alpha value is -2.10. The molecule has 0 aliphatic rings. The van der Waals surface area contributed by atoms with E-state index in [1.54, 1.807) is 12.1 Å². The molecule has 0 heterocycles. The van der Waals surface area contributed by atoms with Crippen molar-refractivity contribution in [2.75, 3.05) is 0 Å². The summed E-state index contributed by atoms with van der Waals surface area (Å²) in [6, 6.07) is 5.96. The van der Waals surface area contributed by atoms with E-state index in [4.69, 9.17) is 9.84 Å². The van der Waals surface area contributed by atoms with Crippen LogP contribution in [0.15, 0.2) is 36.9 Å². The van der Waals surface area contributed by atoms with E-state index >= 15 is 0 Å². The number of carbonyl (C=O) groups is 2. The topological polar surface area (TPSA) is 63.6 Å². The van der Waals surface area contributed by atoms with Crippen LogP contribution in [0.3, 0.4) is 0 Å². The Balaban J connectivity index is 2.96. The van der Waals surface area contributed by atoms with Crippen molar-refractivity contribution in [3.05, 3.63) is 48.0 Å². The second-order valence-electron chi connectivity index (χ2n) is 3.44. The predicted molar refractivity (Wildman–Crippen MR) is 63.1 cm³/mol. The Morgan fingerprint density at radius 1 is 1.41 bits per heavy atom. The van der Waals surface area contributed by atoms with Gasteiger partial charge in [0.2, 0.25) is 0 Å². The summed E-state index contributed by atoms with van der Waals surface area (Å²) in [5.74, 6) is -1.79. The molecule has 0 radical (unpaired) electrons. The molecule has 0 unspecified atom stereocenters. The van der Waals surface area contributed by atoms with Gasteiger partial charge in [0.1, 0.15) is 6.10 Å². The normalized spacial score (nSPS) is 11.6. The number of benzene rings is 1. The molecule has 0 fully saturated rings. The first-order valence-electron chi connectivity index (χ1n) is 5.26. The van der Waals surface area contributed by atoms with Crippen LogP contribution < -0.4 is 0 Å². The van der Waals surface area contributed by atoms with Gasteiger partial charge in [0, 0.05) is 0 Å². The molecule has 1 atom stereocenters. The maximum atomic E-state index is 11.8. The third-order valence-electron chi connectivity index (χ3n) is 2.30. The lowest BCUT2D eigenvalue weighted by Crippen LogP contribution is -2.17. The first-order chi connectivity index (χ1) is 8.10. The van der Waals surface area contributed by atoms with Crippen molar-refractivity contribution in [1.82, 2.24) is 0 Å². The average molecular weight is 234 g/mol. The molecule has 0 saturated carbocycles. The largest absolute Gasteiger partial charge is 0.478 e. The minimum atomic E-state index is -1.15. The average Bonchev–Trinajstić information content (AvgIpc) is 2.35. The summed E-state index contributed by atoms with van der Waals surface area (Å²) in [5.41, 5.74) is -0.00304. The molecule has 0 saturated heterocycles. The Bertz CT molecular complexity index is 437. The number of hydrogen-bond acceptors (Lipinski definition) is 3. The van der Waals surface area contributed by atoms with Crippen molar-refractivity contribution in [2.24, 2.45) is 0 Å². The number of aromatic carboxylic acids is 1. The van der Waals surface area contributed by atoms with Crippen LogP contribution in [0.5, 0.6) is 0 Å². The molecule has 0 spiro atoms. The number of ether oxygens (including phenoxy) is 1. The Kier molecular flexibility index (Phi) is 4.46. The third-order valence-corrected chi connectivity index (χ3v) is 2.30. The summed E-state index contributed by atoms with van der Waals surface area (Å²) in [5, 5.41) is 8.94. The van der Waals surface area contributed by atoms with Gasteiger partial charge in [-0.15, -0.1) is 0 Å². The van der Waals surface area contributed by atoms with Crippen molar-refractivity contribution in [1.29, 1.82) is 0 Å². The lowest BCUT2D eigenvalue weighted by molar-refractivity contribution is 0.0382. The first kappa shape index (κ1) is 13.0. The zero-order chi connectivity index (χ0) is 12.8. The van der Waals surface area contributed by atoms with Crippen molar-refractivity contribution in [3.63, 3.8) is 0 Å². The van der Waals surface area contributed by atoms with Gasteiger partial charge in [0.15, 0.2) is 0 Å². The number of rotatable bonds is 5. The number of carboxylic acids is 1. The maximum Gasteiger partial charge on any atom is 0.339 e. The van der Waals surface area contributed by atoms with Crippen LogP contribution in [0.2, 0.25) is 0 Å². The Labute approximate surface area is 99.5 Å². The van der Waals surface area contributed by atoms with Crippen molar-refractivity contribution in [3.8, 4) is 0 Å². The maximum absolute atomic E-state index is 11.8. The van der Waals surface area contributed by atoms with Crippen LogP contribution in [0.25, 0.3) is 0 Å². The summed E-state index contributed by atoms with van der Waals surface area (Å²) in [6.07, 6.45) is 1.72. The van der Waals surface area contributed by atoms with Crippen LogP contribution in [0.4, 0.5) is 0 Å². The molecule has 0 amide bonds. The number of carbonyl (C=O) groups excluding carboxylic acids is 1. The van der Waals surface area contributed by atoms with Crippen LogP contribution in [-0.2, 0) is 4.74 Å². The molecule has 1 aromatic rings. The zero-order valence-electron chi connectivity index (χ0n) is 9.55. The Morgan fingerprint density at radius 3 is 2.47 bits per heavy atom. The second kappa shape index (κ2) is 5.84. The van der Waals surface area contributed by atoms with Gasteiger partial charge in [0.05, 0.1) is 11.1 Å². The molecule has 0 aliphatic heterocycles. The Morgan fingerprint density at radius 2 is 2.00 bits per heavy atom. The first-order valence-corrected chi connectivity index (χ1v) is 5.26. The molecule has 0 aliphatic carbocycles. The summed E-state index contributed by atoms with van der Waals surface area (Å²) in [4.78, 5) is 22.7. The monoisotopic (exact) mass is 234 g/mol. The van der Waals surface area contributed by atoms with E-state index in [0.717, 1.165) is 0 Å². The van der Waals surface area contributed by atoms with E-state index in [1.807, 2.05) is 6.92 Å². The van der Waals surface area contributed by atoms with E-state index in [2.05, 4.69) is 6.58 Å². The zero-order valence-corrected chi connectivity index (χ0v) is 9.55. The molecule has 4 nitrogen and oxygen atoms in total. The fourth-order valence-corrected chi connectivity index (χ4v) is 1.35. The van der Waals surface area contributed by atoms with E-state index in [9.17, 15) is 9.59 Å². The lowest BCUT2D eigenvalue weighted by atomic mass is 10.1.